The van der Waals surface area contributed by atoms with Crippen LogP contribution in [0.1, 0.15) is 24.0 Å². The second-order valence-corrected chi connectivity index (χ2v) is 6.58. The van der Waals surface area contributed by atoms with Gasteiger partial charge in [-0.3, -0.25) is 0 Å². The predicted octanol–water partition coefficient (Wildman–Crippen LogP) is 2.60. The Kier molecular flexibility index (Phi) is 5.48. The first-order valence-corrected chi connectivity index (χ1v) is 8.72. The van der Waals surface area contributed by atoms with Gasteiger partial charge in [-0.05, 0) is 37.5 Å². The summed E-state index contributed by atoms with van der Waals surface area (Å²) in [5.41, 5.74) is 2.33. The van der Waals surface area contributed by atoms with Gasteiger partial charge in [0, 0.05) is 32.9 Å². The zero-order valence-electron chi connectivity index (χ0n) is 14.9. The first-order valence-electron chi connectivity index (χ1n) is 8.72. The van der Waals surface area contributed by atoms with Crippen molar-refractivity contribution < 1.29 is 4.79 Å². The van der Waals surface area contributed by atoms with E-state index in [2.05, 4.69) is 39.5 Å². The van der Waals surface area contributed by atoms with E-state index >= 15 is 0 Å². The highest BCUT2D eigenvalue weighted by Gasteiger charge is 2.26. The molecule has 6 heteroatoms. The standard InChI is InChI=1S/C19H25N5O/c1-15-7-9-16(10-8-15)13-20-19(25)23(2)17-5-4-12-24(14-17)18-6-3-11-21-22-18/h3,6-11,17H,4-5,12-14H2,1-2H3,(H,20,25)/t17-/m1/s1. The fourth-order valence-corrected chi connectivity index (χ4v) is 3.12. The van der Waals surface area contributed by atoms with E-state index < -0.39 is 0 Å². The van der Waals surface area contributed by atoms with Crippen LogP contribution >= 0.6 is 0 Å². The number of benzene rings is 1. The maximum Gasteiger partial charge on any atom is 0.317 e. The lowest BCUT2D eigenvalue weighted by Crippen LogP contribution is -2.51. The minimum Gasteiger partial charge on any atom is -0.353 e. The molecule has 1 saturated heterocycles. The van der Waals surface area contributed by atoms with Gasteiger partial charge in [-0.2, -0.15) is 5.10 Å². The number of hydrogen-bond acceptors (Lipinski definition) is 4. The average Bonchev–Trinajstić information content (AvgIpc) is 2.67. The molecule has 1 N–H and O–H groups in total. The molecule has 1 fully saturated rings. The van der Waals surface area contributed by atoms with Crippen molar-refractivity contribution in [1.82, 2.24) is 20.4 Å². The lowest BCUT2D eigenvalue weighted by atomic mass is 10.0. The van der Waals surface area contributed by atoms with Gasteiger partial charge < -0.3 is 15.1 Å². The van der Waals surface area contributed by atoms with Crippen molar-refractivity contribution in [2.75, 3.05) is 25.0 Å². The second kappa shape index (κ2) is 7.96. The predicted molar refractivity (Wildman–Crippen MR) is 98.4 cm³/mol. The summed E-state index contributed by atoms with van der Waals surface area (Å²) in [5.74, 6) is 0.876. The van der Waals surface area contributed by atoms with Gasteiger partial charge in [0.2, 0.25) is 0 Å². The Bertz CT molecular complexity index is 689. The average molecular weight is 339 g/mol. The zero-order valence-corrected chi connectivity index (χ0v) is 14.9. The van der Waals surface area contributed by atoms with Crippen LogP contribution in [-0.4, -0.2) is 47.3 Å². The molecule has 0 saturated carbocycles. The van der Waals surface area contributed by atoms with Crippen LogP contribution in [0.5, 0.6) is 0 Å². The smallest absolute Gasteiger partial charge is 0.317 e. The summed E-state index contributed by atoms with van der Waals surface area (Å²) >= 11 is 0. The van der Waals surface area contributed by atoms with Crippen LogP contribution in [0.15, 0.2) is 42.6 Å². The topological polar surface area (TPSA) is 61.4 Å². The summed E-state index contributed by atoms with van der Waals surface area (Å²) in [6.45, 7) is 4.34. The van der Waals surface area contributed by atoms with E-state index in [-0.39, 0.29) is 12.1 Å². The van der Waals surface area contributed by atoms with Gasteiger partial charge in [0.15, 0.2) is 5.82 Å². The lowest BCUT2D eigenvalue weighted by molar-refractivity contribution is 0.182. The van der Waals surface area contributed by atoms with Gasteiger partial charge >= 0.3 is 6.03 Å². The van der Waals surface area contributed by atoms with Crippen molar-refractivity contribution >= 4 is 11.8 Å². The molecule has 2 aromatic rings. The highest BCUT2D eigenvalue weighted by Crippen LogP contribution is 2.19. The maximum atomic E-state index is 12.5. The molecule has 1 atom stereocenters. The fourth-order valence-electron chi connectivity index (χ4n) is 3.12. The molecule has 0 radical (unpaired) electrons. The molecular formula is C19H25N5O. The number of carbonyl (C=O) groups excluding carboxylic acids is 1. The van der Waals surface area contributed by atoms with Crippen molar-refractivity contribution in [2.45, 2.75) is 32.4 Å². The lowest BCUT2D eigenvalue weighted by Gasteiger charge is -2.37. The quantitative estimate of drug-likeness (QED) is 0.930. The number of nitrogens with one attached hydrogen (secondary N) is 1. The van der Waals surface area contributed by atoms with Gasteiger partial charge in [-0.25, -0.2) is 4.79 Å². The minimum atomic E-state index is -0.0356. The Morgan fingerprint density at radius 3 is 2.84 bits per heavy atom. The SMILES string of the molecule is Cc1ccc(CNC(=O)N(C)[C@@H]2CCCN(c3cccnn3)C2)cc1. The van der Waals surface area contributed by atoms with Crippen LogP contribution in [-0.2, 0) is 6.54 Å². The normalized spacial score (nSPS) is 17.2. The number of rotatable bonds is 4. The van der Waals surface area contributed by atoms with E-state index in [0.717, 1.165) is 37.3 Å². The number of aromatic nitrogens is 2. The first-order chi connectivity index (χ1) is 12.1. The number of nitrogens with zero attached hydrogens (tertiary/aromatic N) is 4. The van der Waals surface area contributed by atoms with Gasteiger partial charge in [-0.15, -0.1) is 5.10 Å². The van der Waals surface area contributed by atoms with E-state index in [0.29, 0.717) is 6.54 Å². The van der Waals surface area contributed by atoms with Crippen LogP contribution in [0.2, 0.25) is 0 Å². The third-order valence-electron chi connectivity index (χ3n) is 4.71. The van der Waals surface area contributed by atoms with Crippen LogP contribution < -0.4 is 10.2 Å². The number of anilines is 1. The van der Waals surface area contributed by atoms with Crippen molar-refractivity contribution in [2.24, 2.45) is 0 Å². The molecule has 2 heterocycles. The van der Waals surface area contributed by atoms with E-state index in [9.17, 15) is 4.79 Å². The summed E-state index contributed by atoms with van der Waals surface area (Å²) in [5, 5.41) is 11.1. The van der Waals surface area contributed by atoms with E-state index in [1.54, 1.807) is 6.20 Å². The molecule has 0 spiro atoms. The van der Waals surface area contributed by atoms with Gasteiger partial charge in [0.25, 0.3) is 0 Å². The number of likely N-dealkylation sites (N-methyl/N-ethyl adjacent to an activating group) is 1. The third kappa shape index (κ3) is 4.47. The Morgan fingerprint density at radius 2 is 2.12 bits per heavy atom. The third-order valence-corrected chi connectivity index (χ3v) is 4.71. The molecule has 2 amide bonds. The van der Waals surface area contributed by atoms with Crippen LogP contribution in [0.3, 0.4) is 0 Å². The Balaban J connectivity index is 1.55. The molecule has 3 rings (SSSR count). The summed E-state index contributed by atoms with van der Waals surface area (Å²) < 4.78 is 0. The summed E-state index contributed by atoms with van der Waals surface area (Å²) in [6.07, 6.45) is 3.72. The highest BCUT2D eigenvalue weighted by atomic mass is 16.2. The molecule has 25 heavy (non-hydrogen) atoms. The Morgan fingerprint density at radius 1 is 1.32 bits per heavy atom. The van der Waals surface area contributed by atoms with Crippen LogP contribution in [0.4, 0.5) is 10.6 Å². The van der Waals surface area contributed by atoms with E-state index in [1.165, 1.54) is 5.56 Å². The molecule has 6 nitrogen and oxygen atoms in total. The molecule has 0 bridgehead atoms. The van der Waals surface area contributed by atoms with Gasteiger partial charge in [0.1, 0.15) is 0 Å². The summed E-state index contributed by atoms with van der Waals surface area (Å²) in [6, 6.07) is 12.2. The van der Waals surface area contributed by atoms with Gasteiger partial charge in [-0.1, -0.05) is 29.8 Å². The largest absolute Gasteiger partial charge is 0.353 e. The second-order valence-electron chi connectivity index (χ2n) is 6.58. The number of aryl methyl sites for hydroxylation is 1. The zero-order chi connectivity index (χ0) is 17.6. The van der Waals surface area contributed by atoms with E-state index in [4.69, 9.17) is 0 Å². The molecule has 0 unspecified atom stereocenters. The molecular weight excluding hydrogens is 314 g/mol. The van der Waals surface area contributed by atoms with Crippen molar-refractivity contribution in [1.29, 1.82) is 0 Å². The van der Waals surface area contributed by atoms with Crippen LogP contribution in [0.25, 0.3) is 0 Å². The molecule has 1 aromatic heterocycles. The number of urea groups is 1. The molecule has 0 aliphatic carbocycles. The van der Waals surface area contributed by atoms with Crippen LogP contribution in [0, 0.1) is 6.92 Å². The number of carbonyl (C=O) groups is 1. The molecule has 1 aliphatic rings. The van der Waals surface area contributed by atoms with Crippen molar-refractivity contribution in [3.8, 4) is 0 Å². The van der Waals surface area contributed by atoms with Crippen molar-refractivity contribution in [3.63, 3.8) is 0 Å². The number of hydrogen-bond donors (Lipinski definition) is 1. The highest BCUT2D eigenvalue weighted by molar-refractivity contribution is 5.74. The van der Waals surface area contributed by atoms with E-state index in [1.807, 2.05) is 36.2 Å². The molecule has 1 aliphatic heterocycles. The minimum absolute atomic E-state index is 0.0356. The van der Waals surface area contributed by atoms with Gasteiger partial charge in [0.05, 0.1) is 6.04 Å². The van der Waals surface area contributed by atoms with Crippen molar-refractivity contribution in [3.05, 3.63) is 53.7 Å². The Hall–Kier alpha value is -2.63. The summed E-state index contributed by atoms with van der Waals surface area (Å²) in [4.78, 5) is 16.5. The molecule has 1 aromatic carbocycles. The number of piperidine rings is 1. The molecule has 132 valence electrons. The summed E-state index contributed by atoms with van der Waals surface area (Å²) in [7, 11) is 1.87. The fraction of sp³-hybridized carbons (Fsp3) is 0.421. The maximum absolute atomic E-state index is 12.5. The Labute approximate surface area is 148 Å². The number of amides is 2. The monoisotopic (exact) mass is 339 g/mol. The first kappa shape index (κ1) is 17.2.